The van der Waals surface area contributed by atoms with Crippen molar-refractivity contribution in [1.29, 1.82) is 21.0 Å². The number of hydrogen-bond donors (Lipinski definition) is 0. The summed E-state index contributed by atoms with van der Waals surface area (Å²) >= 11 is 0. The summed E-state index contributed by atoms with van der Waals surface area (Å²) < 4.78 is 166. The molecule has 1 heterocycles. The molecule has 1 saturated carbocycles. The summed E-state index contributed by atoms with van der Waals surface area (Å²) in [7, 11) is 0. The monoisotopic (exact) mass is 818 g/mol. The van der Waals surface area contributed by atoms with Crippen molar-refractivity contribution in [2.45, 2.75) is 30.1 Å². The highest BCUT2D eigenvalue weighted by Crippen LogP contribution is 2.70. The Labute approximate surface area is 323 Å². The molecule has 6 nitrogen and oxygen atoms in total. The molecular weight excluding hydrogens is 804 g/mol. The van der Waals surface area contributed by atoms with Crippen LogP contribution < -0.4 is 0 Å². The van der Waals surface area contributed by atoms with E-state index in [1.165, 1.54) is 18.2 Å². The lowest BCUT2D eigenvalue weighted by Crippen LogP contribution is -2.14. The second-order valence-electron chi connectivity index (χ2n) is 13.7. The number of rotatable bonds is 2. The number of nitrogens with zero attached hydrogens (tertiary/aromatic N) is 6. The Morgan fingerprint density at radius 1 is 0.492 bits per heavy atom. The smallest absolute Gasteiger partial charge is 0.247 e. The van der Waals surface area contributed by atoms with Gasteiger partial charge in [-0.25, -0.2) is 9.97 Å². The quantitative estimate of drug-likeness (QED) is 0.127. The van der Waals surface area contributed by atoms with E-state index in [4.69, 9.17) is 9.97 Å². The standard InChI is InChI=1S/C41H14F12N6/c42-38(43,44)20-3-7-22(28(11-20)40(48,49)50)17-1-5-24-26(9-17)32(19(13-54)14-55)35-33(24)59-36-34(58-35)25-6-2-18(10-27(25)37(36)30(15-56)31(37)16-57)23-8-4-21(39(45,46)47)12-29(23)41(51,52)53/h1-12,30-31H. The van der Waals surface area contributed by atoms with Crippen molar-refractivity contribution < 1.29 is 52.7 Å². The second-order valence-corrected chi connectivity index (χ2v) is 13.7. The zero-order valence-corrected chi connectivity index (χ0v) is 28.8. The fourth-order valence-corrected chi connectivity index (χ4v) is 8.09. The molecule has 0 N–H and O–H groups in total. The van der Waals surface area contributed by atoms with E-state index < -0.39 is 80.9 Å². The Bertz CT molecular complexity index is 2870. The lowest BCUT2D eigenvalue weighted by molar-refractivity contribution is -0.144. The van der Waals surface area contributed by atoms with Gasteiger partial charge in [-0.2, -0.15) is 73.7 Å². The molecule has 1 spiro atoms. The third-order valence-corrected chi connectivity index (χ3v) is 10.7. The molecule has 5 aromatic rings. The molecule has 1 aromatic heterocycles. The highest BCUT2D eigenvalue weighted by molar-refractivity contribution is 6.04. The van der Waals surface area contributed by atoms with Crippen LogP contribution >= 0.6 is 0 Å². The van der Waals surface area contributed by atoms with Gasteiger partial charge in [-0.15, -0.1) is 0 Å². The number of fused-ring (bicyclic) bond motifs is 8. The zero-order chi connectivity index (χ0) is 42.8. The van der Waals surface area contributed by atoms with E-state index in [-0.39, 0.29) is 73.9 Å². The maximum Gasteiger partial charge on any atom is 0.417 e. The lowest BCUT2D eigenvalue weighted by Gasteiger charge is -2.18. The van der Waals surface area contributed by atoms with E-state index >= 15 is 0 Å². The first kappa shape index (κ1) is 38.7. The number of hydrogen-bond acceptors (Lipinski definition) is 6. The molecule has 1 fully saturated rings. The number of halogens is 12. The normalized spacial score (nSPS) is 18.8. The predicted molar refractivity (Wildman–Crippen MR) is 180 cm³/mol. The molecule has 2 atom stereocenters. The molecule has 0 radical (unpaired) electrons. The minimum Gasteiger partial charge on any atom is -0.247 e. The van der Waals surface area contributed by atoms with Gasteiger partial charge in [-0.1, -0.05) is 36.4 Å². The summed E-state index contributed by atoms with van der Waals surface area (Å²) in [6.07, 6.45) is -20.7. The third-order valence-electron chi connectivity index (χ3n) is 10.7. The Hall–Kier alpha value is -7.18. The van der Waals surface area contributed by atoms with Crippen LogP contribution in [0.4, 0.5) is 52.7 Å². The SMILES string of the molecule is N#CC(C#N)=C1c2cc(-c3ccc(C(F)(F)F)cc3C(F)(F)F)ccc2-c2nc3c(nc21)-c1ccc(-c2ccc(C(F)(F)F)cc2C(F)(F)F)cc1C31C(C#N)C1C#N. The Kier molecular flexibility index (Phi) is 8.14. The van der Waals surface area contributed by atoms with Gasteiger partial charge in [0.25, 0.3) is 0 Å². The molecule has 0 bridgehead atoms. The van der Waals surface area contributed by atoms with Crippen LogP contribution in [0.5, 0.6) is 0 Å². The van der Waals surface area contributed by atoms with E-state index in [2.05, 4.69) is 0 Å². The predicted octanol–water partition coefficient (Wildman–Crippen LogP) is 11.3. The maximum absolute atomic E-state index is 14.2. The summed E-state index contributed by atoms with van der Waals surface area (Å²) in [6, 6.07) is 16.7. The van der Waals surface area contributed by atoms with Crippen LogP contribution in [0.2, 0.25) is 0 Å². The fourth-order valence-electron chi connectivity index (χ4n) is 8.09. The molecule has 292 valence electrons. The van der Waals surface area contributed by atoms with Gasteiger partial charge in [-0.05, 0) is 69.8 Å². The van der Waals surface area contributed by atoms with Crippen LogP contribution in [0.3, 0.4) is 0 Å². The van der Waals surface area contributed by atoms with Gasteiger partial charge in [0.1, 0.15) is 17.7 Å². The van der Waals surface area contributed by atoms with E-state index in [1.807, 2.05) is 12.1 Å². The zero-order valence-electron chi connectivity index (χ0n) is 28.8. The van der Waals surface area contributed by atoms with Crippen LogP contribution in [0, 0.1) is 57.2 Å². The van der Waals surface area contributed by atoms with Gasteiger partial charge < -0.3 is 0 Å². The summed E-state index contributed by atoms with van der Waals surface area (Å²) in [6.45, 7) is 0. The Morgan fingerprint density at radius 2 is 0.966 bits per heavy atom. The van der Waals surface area contributed by atoms with Crippen molar-refractivity contribution in [2.75, 3.05) is 0 Å². The fraction of sp³-hybridized carbons (Fsp3) is 0.171. The maximum atomic E-state index is 14.2. The van der Waals surface area contributed by atoms with Gasteiger partial charge in [0.05, 0.1) is 74.4 Å². The molecule has 59 heavy (non-hydrogen) atoms. The molecular formula is C41H14F12N6. The first-order chi connectivity index (χ1) is 27.6. The Morgan fingerprint density at radius 3 is 1.42 bits per heavy atom. The third kappa shape index (κ3) is 5.62. The number of nitriles is 4. The van der Waals surface area contributed by atoms with E-state index in [0.29, 0.717) is 24.3 Å². The molecule has 0 aliphatic heterocycles. The van der Waals surface area contributed by atoms with Crippen molar-refractivity contribution in [3.63, 3.8) is 0 Å². The highest BCUT2D eigenvalue weighted by Gasteiger charge is 2.73. The van der Waals surface area contributed by atoms with E-state index in [0.717, 1.165) is 18.2 Å². The summed E-state index contributed by atoms with van der Waals surface area (Å²) in [4.78, 5) is 9.48. The average Bonchev–Trinajstić information content (AvgIpc) is 3.63. The van der Waals surface area contributed by atoms with Crippen LogP contribution in [0.25, 0.3) is 50.3 Å². The van der Waals surface area contributed by atoms with E-state index in [1.54, 1.807) is 12.1 Å². The summed E-state index contributed by atoms with van der Waals surface area (Å²) in [5.41, 5.74) is -10.6. The molecule has 8 rings (SSSR count). The topological polar surface area (TPSA) is 121 Å². The molecule has 4 aromatic carbocycles. The Balaban J connectivity index is 1.34. The summed E-state index contributed by atoms with van der Waals surface area (Å²) in [5, 5.41) is 40.4. The first-order valence-corrected chi connectivity index (χ1v) is 16.7. The number of aromatic nitrogens is 2. The number of alkyl halides is 12. The van der Waals surface area contributed by atoms with Gasteiger partial charge in [0.2, 0.25) is 0 Å². The van der Waals surface area contributed by atoms with Gasteiger partial charge in [0, 0.05) is 16.7 Å². The number of benzene rings is 4. The lowest BCUT2D eigenvalue weighted by atomic mass is 9.88. The molecule has 3 aliphatic rings. The largest absolute Gasteiger partial charge is 0.417 e. The molecule has 0 saturated heterocycles. The second kappa shape index (κ2) is 12.4. The van der Waals surface area contributed by atoms with Crippen LogP contribution in [0.1, 0.15) is 44.8 Å². The van der Waals surface area contributed by atoms with Crippen LogP contribution in [-0.2, 0) is 30.1 Å². The molecule has 2 unspecified atom stereocenters. The van der Waals surface area contributed by atoms with Crippen molar-refractivity contribution >= 4 is 5.57 Å². The van der Waals surface area contributed by atoms with Crippen LogP contribution in [-0.4, -0.2) is 9.97 Å². The van der Waals surface area contributed by atoms with E-state index in [9.17, 15) is 73.7 Å². The number of allylic oxidation sites excluding steroid dienone is 1. The molecule has 0 amide bonds. The van der Waals surface area contributed by atoms with Crippen LogP contribution in [0.15, 0.2) is 78.4 Å². The first-order valence-electron chi connectivity index (χ1n) is 16.7. The van der Waals surface area contributed by atoms with Crippen molar-refractivity contribution in [3.8, 4) is 69.0 Å². The van der Waals surface area contributed by atoms with Crippen molar-refractivity contribution in [2.24, 2.45) is 11.8 Å². The minimum absolute atomic E-state index is 0.0150. The van der Waals surface area contributed by atoms with Crippen molar-refractivity contribution in [3.05, 3.63) is 123 Å². The van der Waals surface area contributed by atoms with Gasteiger partial charge in [-0.3, -0.25) is 0 Å². The van der Waals surface area contributed by atoms with Crippen molar-refractivity contribution in [1.82, 2.24) is 9.97 Å². The van der Waals surface area contributed by atoms with Gasteiger partial charge in [0.15, 0.2) is 0 Å². The average molecular weight is 819 g/mol. The van der Waals surface area contributed by atoms with Gasteiger partial charge >= 0.3 is 24.7 Å². The minimum atomic E-state index is -5.26. The summed E-state index contributed by atoms with van der Waals surface area (Å²) in [5.74, 6) is -2.34. The molecule has 3 aliphatic carbocycles. The highest BCUT2D eigenvalue weighted by atomic mass is 19.4. The molecule has 18 heteroatoms.